The van der Waals surface area contributed by atoms with E-state index in [9.17, 15) is 4.39 Å². The maximum atomic E-state index is 13.3. The van der Waals surface area contributed by atoms with Gasteiger partial charge in [-0.3, -0.25) is 4.90 Å². The number of benzene rings is 1. The first-order valence-electron chi connectivity index (χ1n) is 7.62. The molecule has 1 saturated heterocycles. The van der Waals surface area contributed by atoms with Gasteiger partial charge in [0.05, 0.1) is 10.8 Å². The number of thiophene rings is 1. The van der Waals surface area contributed by atoms with Crippen molar-refractivity contribution in [3.63, 3.8) is 0 Å². The molecule has 23 heavy (non-hydrogen) atoms. The fraction of sp³-hybridized carbons (Fsp3) is 0.294. The number of hydrogen-bond acceptors (Lipinski definition) is 5. The second-order valence-electron chi connectivity index (χ2n) is 5.78. The molecule has 1 fully saturated rings. The highest BCUT2D eigenvalue weighted by molar-refractivity contribution is 7.13. The topological polar surface area (TPSA) is 42.2 Å². The summed E-state index contributed by atoms with van der Waals surface area (Å²) in [5.41, 5.74) is 0.996. The summed E-state index contributed by atoms with van der Waals surface area (Å²) in [5.74, 6) is 1.44. The largest absolute Gasteiger partial charge is 0.339 e. The molecule has 0 spiro atoms. The van der Waals surface area contributed by atoms with Crippen molar-refractivity contribution >= 4 is 11.3 Å². The molecular formula is C17H16FN3OS. The molecule has 1 aliphatic rings. The molecule has 0 saturated carbocycles. The van der Waals surface area contributed by atoms with E-state index < -0.39 is 0 Å². The molecular weight excluding hydrogens is 313 g/mol. The van der Waals surface area contributed by atoms with Gasteiger partial charge in [-0.05, 0) is 42.1 Å². The number of aromatic nitrogens is 2. The van der Waals surface area contributed by atoms with E-state index in [1.165, 1.54) is 6.07 Å². The van der Waals surface area contributed by atoms with Crippen LogP contribution in [0.4, 0.5) is 4.39 Å². The monoisotopic (exact) mass is 329 g/mol. The number of halogens is 1. The molecule has 6 heteroatoms. The van der Waals surface area contributed by atoms with Crippen LogP contribution in [0.2, 0.25) is 0 Å². The average molecular weight is 329 g/mol. The van der Waals surface area contributed by atoms with E-state index in [1.54, 1.807) is 23.5 Å². The smallest absolute Gasteiger partial charge is 0.231 e. The highest BCUT2D eigenvalue weighted by Crippen LogP contribution is 2.29. The predicted octanol–water partition coefficient (Wildman–Crippen LogP) is 3.93. The van der Waals surface area contributed by atoms with E-state index in [-0.39, 0.29) is 11.7 Å². The van der Waals surface area contributed by atoms with Gasteiger partial charge in [0, 0.05) is 13.1 Å². The molecule has 1 aliphatic heterocycles. The minimum atomic E-state index is -0.185. The zero-order valence-corrected chi connectivity index (χ0v) is 13.3. The average Bonchev–Trinajstić information content (AvgIpc) is 3.28. The Kier molecular flexibility index (Phi) is 3.93. The van der Waals surface area contributed by atoms with Crippen LogP contribution >= 0.6 is 11.3 Å². The summed E-state index contributed by atoms with van der Waals surface area (Å²) in [6.45, 7) is 2.57. The van der Waals surface area contributed by atoms with Crippen molar-refractivity contribution in [3.8, 4) is 10.7 Å². The van der Waals surface area contributed by atoms with Crippen LogP contribution in [0.1, 0.15) is 23.8 Å². The van der Waals surface area contributed by atoms with Gasteiger partial charge in [-0.2, -0.15) is 4.98 Å². The molecule has 0 radical (unpaired) electrons. The number of rotatable bonds is 4. The first kappa shape index (κ1) is 14.5. The summed E-state index contributed by atoms with van der Waals surface area (Å²) in [5, 5.41) is 6.08. The molecule has 3 aromatic rings. The molecule has 1 aromatic carbocycles. The molecule has 2 aromatic heterocycles. The van der Waals surface area contributed by atoms with Crippen molar-refractivity contribution in [1.82, 2.24) is 15.0 Å². The fourth-order valence-corrected chi connectivity index (χ4v) is 3.63. The summed E-state index contributed by atoms with van der Waals surface area (Å²) >= 11 is 1.60. The zero-order valence-electron chi connectivity index (χ0n) is 12.5. The van der Waals surface area contributed by atoms with Crippen LogP contribution in [0.5, 0.6) is 0 Å². The standard InChI is InChI=1S/C17H16FN3OS/c18-14-4-1-3-12(9-14)10-21-7-6-13(11-21)17-19-16(20-22-17)15-5-2-8-23-15/h1-5,8-9,13H,6-7,10-11H2. The van der Waals surface area contributed by atoms with Crippen LogP contribution in [0, 0.1) is 5.82 Å². The highest BCUT2D eigenvalue weighted by Gasteiger charge is 2.28. The van der Waals surface area contributed by atoms with Crippen LogP contribution in [0.15, 0.2) is 46.3 Å². The van der Waals surface area contributed by atoms with Crippen LogP contribution in [0.3, 0.4) is 0 Å². The number of likely N-dealkylation sites (tertiary alicyclic amines) is 1. The van der Waals surface area contributed by atoms with Crippen LogP contribution in [0.25, 0.3) is 10.7 Å². The van der Waals surface area contributed by atoms with Gasteiger partial charge >= 0.3 is 0 Å². The summed E-state index contributed by atoms with van der Waals surface area (Å²) in [6, 6.07) is 10.7. The first-order valence-corrected chi connectivity index (χ1v) is 8.50. The Bertz CT molecular complexity index is 787. The van der Waals surface area contributed by atoms with Gasteiger partial charge < -0.3 is 4.52 Å². The van der Waals surface area contributed by atoms with Gasteiger partial charge in [-0.15, -0.1) is 11.3 Å². The number of nitrogens with zero attached hydrogens (tertiary/aromatic N) is 3. The Morgan fingerprint density at radius 3 is 3.09 bits per heavy atom. The molecule has 0 aliphatic carbocycles. The molecule has 0 N–H and O–H groups in total. The second kappa shape index (κ2) is 6.22. The molecule has 4 rings (SSSR count). The highest BCUT2D eigenvalue weighted by atomic mass is 32.1. The normalized spacial score (nSPS) is 18.6. The number of hydrogen-bond donors (Lipinski definition) is 0. The third-order valence-electron chi connectivity index (χ3n) is 4.10. The summed E-state index contributed by atoms with van der Waals surface area (Å²) < 4.78 is 18.7. The van der Waals surface area contributed by atoms with Crippen LogP contribution in [-0.2, 0) is 6.54 Å². The Labute approximate surface area is 137 Å². The molecule has 1 unspecified atom stereocenters. The quantitative estimate of drug-likeness (QED) is 0.727. The van der Waals surface area contributed by atoms with Gasteiger partial charge in [0.25, 0.3) is 0 Å². The lowest BCUT2D eigenvalue weighted by molar-refractivity contribution is 0.309. The van der Waals surface area contributed by atoms with Crippen molar-refractivity contribution < 1.29 is 8.91 Å². The molecule has 1 atom stereocenters. The maximum Gasteiger partial charge on any atom is 0.231 e. The SMILES string of the molecule is Fc1cccc(CN2CCC(c3nc(-c4cccs4)no3)C2)c1. The predicted molar refractivity (Wildman–Crippen MR) is 86.6 cm³/mol. The van der Waals surface area contributed by atoms with Gasteiger partial charge in [-0.25, -0.2) is 4.39 Å². The lowest BCUT2D eigenvalue weighted by Crippen LogP contribution is -2.19. The Morgan fingerprint density at radius 2 is 2.26 bits per heavy atom. The molecule has 4 nitrogen and oxygen atoms in total. The van der Waals surface area contributed by atoms with Gasteiger partial charge in [0.15, 0.2) is 0 Å². The van der Waals surface area contributed by atoms with Crippen molar-refractivity contribution in [2.24, 2.45) is 0 Å². The summed E-state index contributed by atoms with van der Waals surface area (Å²) in [6.07, 6.45) is 0.987. The summed E-state index contributed by atoms with van der Waals surface area (Å²) in [7, 11) is 0. The van der Waals surface area contributed by atoms with Crippen LogP contribution < -0.4 is 0 Å². The maximum absolute atomic E-state index is 13.3. The van der Waals surface area contributed by atoms with Crippen molar-refractivity contribution in [2.75, 3.05) is 13.1 Å². The zero-order chi connectivity index (χ0) is 15.6. The fourth-order valence-electron chi connectivity index (χ4n) is 2.98. The third-order valence-corrected chi connectivity index (χ3v) is 4.97. The van der Waals surface area contributed by atoms with Gasteiger partial charge in [0.2, 0.25) is 11.7 Å². The lowest BCUT2D eigenvalue weighted by Gasteiger charge is -2.15. The Morgan fingerprint density at radius 1 is 1.30 bits per heavy atom. The molecule has 118 valence electrons. The Hall–Kier alpha value is -2.05. The minimum absolute atomic E-state index is 0.185. The van der Waals surface area contributed by atoms with Gasteiger partial charge in [-0.1, -0.05) is 23.4 Å². The summed E-state index contributed by atoms with van der Waals surface area (Å²) in [4.78, 5) is 7.86. The first-order chi connectivity index (χ1) is 11.3. The van der Waals surface area contributed by atoms with E-state index in [2.05, 4.69) is 15.0 Å². The lowest BCUT2D eigenvalue weighted by atomic mass is 10.1. The minimum Gasteiger partial charge on any atom is -0.339 e. The van der Waals surface area contributed by atoms with E-state index in [0.29, 0.717) is 11.7 Å². The van der Waals surface area contributed by atoms with E-state index >= 15 is 0 Å². The third kappa shape index (κ3) is 3.18. The Balaban J connectivity index is 1.42. The van der Waals surface area contributed by atoms with E-state index in [4.69, 9.17) is 4.52 Å². The van der Waals surface area contributed by atoms with Crippen molar-refractivity contribution in [1.29, 1.82) is 0 Å². The second-order valence-corrected chi connectivity index (χ2v) is 6.73. The van der Waals surface area contributed by atoms with E-state index in [0.717, 1.165) is 36.5 Å². The van der Waals surface area contributed by atoms with Crippen LogP contribution in [-0.4, -0.2) is 28.1 Å². The molecule has 0 bridgehead atoms. The molecule has 3 heterocycles. The van der Waals surface area contributed by atoms with E-state index in [1.807, 2.05) is 23.6 Å². The van der Waals surface area contributed by atoms with Crippen molar-refractivity contribution in [2.45, 2.75) is 18.9 Å². The molecule has 0 amide bonds. The van der Waals surface area contributed by atoms with Crippen molar-refractivity contribution in [3.05, 3.63) is 59.0 Å². The van der Waals surface area contributed by atoms with Gasteiger partial charge in [0.1, 0.15) is 5.82 Å².